The van der Waals surface area contributed by atoms with Gasteiger partial charge in [-0.15, -0.1) is 0 Å². The first kappa shape index (κ1) is 24.5. The molecule has 7 fully saturated rings. The van der Waals surface area contributed by atoms with E-state index < -0.39 is 46.4 Å². The standard InChI is InChI=1S/C25H39NO9/c1-6-26-20(28)22(11-27)8-7-15(32-3)24-13-9-12-14(31-2)10-23(29,16(13)17(12)33-4)25(30,35-21(24)26)19(34-5)18(22)24/h12-19,21,27,29-30H,6-11H2,1-5H3/t12-,13+,14-,15-,16+,17-,18+,19-,21?,22-,23+,24-,25-/m0/s1. The monoisotopic (exact) mass is 497 g/mol. The first-order valence-electron chi connectivity index (χ1n) is 12.9. The molecule has 0 aromatic heterocycles. The molecule has 10 heteroatoms. The summed E-state index contributed by atoms with van der Waals surface area (Å²) in [6.45, 7) is 1.85. The van der Waals surface area contributed by atoms with Crippen molar-refractivity contribution >= 4 is 5.91 Å². The van der Waals surface area contributed by atoms with Crippen LogP contribution in [0.1, 0.15) is 32.6 Å². The van der Waals surface area contributed by atoms with Crippen molar-refractivity contribution in [1.29, 1.82) is 0 Å². The third-order valence-corrected chi connectivity index (χ3v) is 11.2. The number of fused-ring (bicyclic) bond motifs is 1. The summed E-state index contributed by atoms with van der Waals surface area (Å²) in [7, 11) is 6.40. The summed E-state index contributed by atoms with van der Waals surface area (Å²) in [5, 5.41) is 36.0. The van der Waals surface area contributed by atoms with E-state index in [1.54, 1.807) is 26.2 Å². The van der Waals surface area contributed by atoms with Crippen LogP contribution in [0.25, 0.3) is 0 Å². The van der Waals surface area contributed by atoms with Gasteiger partial charge in [0.25, 0.3) is 0 Å². The summed E-state index contributed by atoms with van der Waals surface area (Å²) in [4.78, 5) is 15.7. The number of methoxy groups -OCH3 is 4. The highest BCUT2D eigenvalue weighted by Crippen LogP contribution is 2.77. The van der Waals surface area contributed by atoms with Crippen molar-refractivity contribution in [3.8, 4) is 0 Å². The smallest absolute Gasteiger partial charge is 0.233 e. The Morgan fingerprint density at radius 3 is 2.43 bits per heavy atom. The van der Waals surface area contributed by atoms with Crippen LogP contribution in [0.5, 0.6) is 0 Å². The molecule has 1 spiro atoms. The van der Waals surface area contributed by atoms with Crippen molar-refractivity contribution in [1.82, 2.24) is 4.90 Å². The molecule has 0 aromatic rings. The lowest BCUT2D eigenvalue weighted by Crippen LogP contribution is -2.84. The number of hydrogen-bond donors (Lipinski definition) is 3. The molecule has 7 rings (SSSR count). The number of likely N-dealkylation sites (tertiary alicyclic amines) is 1. The topological polar surface area (TPSA) is 127 Å². The van der Waals surface area contributed by atoms with Gasteiger partial charge in [0.1, 0.15) is 17.9 Å². The minimum absolute atomic E-state index is 0.00746. The third kappa shape index (κ3) is 2.34. The zero-order chi connectivity index (χ0) is 25.1. The second-order valence-corrected chi connectivity index (χ2v) is 11.6. The second-order valence-electron chi connectivity index (χ2n) is 11.6. The highest BCUT2D eigenvalue weighted by Gasteiger charge is 2.88. The molecule has 3 heterocycles. The Hall–Kier alpha value is -0.850. The first-order valence-corrected chi connectivity index (χ1v) is 12.9. The van der Waals surface area contributed by atoms with Crippen molar-refractivity contribution in [2.45, 2.75) is 74.6 Å². The maximum atomic E-state index is 14.0. The number of rotatable bonds is 6. The minimum Gasteiger partial charge on any atom is -0.395 e. The molecule has 198 valence electrons. The van der Waals surface area contributed by atoms with Gasteiger partial charge in [-0.25, -0.2) is 0 Å². The summed E-state index contributed by atoms with van der Waals surface area (Å²) < 4.78 is 30.7. The van der Waals surface area contributed by atoms with Gasteiger partial charge in [0.05, 0.1) is 35.7 Å². The number of amides is 1. The fourth-order valence-electron chi connectivity index (χ4n) is 10.2. The average molecular weight is 498 g/mol. The highest BCUT2D eigenvalue weighted by atomic mass is 16.7. The highest BCUT2D eigenvalue weighted by molar-refractivity contribution is 5.85. The zero-order valence-electron chi connectivity index (χ0n) is 21.2. The normalized spacial score (nSPS) is 58.0. The number of piperidine rings is 1. The number of carbonyl (C=O) groups is 1. The van der Waals surface area contributed by atoms with E-state index in [4.69, 9.17) is 23.7 Å². The predicted molar refractivity (Wildman–Crippen MR) is 120 cm³/mol. The van der Waals surface area contributed by atoms with E-state index in [1.807, 2.05) is 6.92 Å². The molecular formula is C25H39NO9. The molecule has 0 radical (unpaired) electrons. The molecule has 1 unspecified atom stereocenters. The van der Waals surface area contributed by atoms with Gasteiger partial charge in [-0.05, 0) is 32.1 Å². The lowest BCUT2D eigenvalue weighted by molar-refractivity contribution is -0.446. The number of carbonyl (C=O) groups excluding carboxylic acids is 1. The van der Waals surface area contributed by atoms with Gasteiger partial charge in [-0.3, -0.25) is 4.79 Å². The van der Waals surface area contributed by atoms with Gasteiger partial charge in [0, 0.05) is 59.2 Å². The van der Waals surface area contributed by atoms with Crippen molar-refractivity contribution in [3.63, 3.8) is 0 Å². The van der Waals surface area contributed by atoms with E-state index in [0.29, 0.717) is 25.8 Å². The average Bonchev–Trinajstić information content (AvgIpc) is 3.14. The van der Waals surface area contributed by atoms with E-state index in [1.165, 1.54) is 7.11 Å². The summed E-state index contributed by atoms with van der Waals surface area (Å²) in [6, 6.07) is 0. The van der Waals surface area contributed by atoms with Gasteiger partial charge >= 0.3 is 0 Å². The van der Waals surface area contributed by atoms with Gasteiger partial charge in [0.2, 0.25) is 11.7 Å². The van der Waals surface area contributed by atoms with Gasteiger partial charge in [0.15, 0.2) is 0 Å². The van der Waals surface area contributed by atoms with Crippen LogP contribution in [0.2, 0.25) is 0 Å². The lowest BCUT2D eigenvalue weighted by atomic mass is 9.43. The Kier molecular flexibility index (Phi) is 5.32. The molecule has 3 N–H and O–H groups in total. The van der Waals surface area contributed by atoms with Crippen molar-refractivity contribution in [2.24, 2.45) is 34.5 Å². The molecule has 1 amide bonds. The molecule has 3 aliphatic heterocycles. The fraction of sp³-hybridized carbons (Fsp3) is 0.960. The lowest BCUT2D eigenvalue weighted by Gasteiger charge is -2.71. The Morgan fingerprint density at radius 2 is 1.86 bits per heavy atom. The molecule has 10 nitrogen and oxygen atoms in total. The van der Waals surface area contributed by atoms with Crippen LogP contribution < -0.4 is 0 Å². The predicted octanol–water partition coefficient (Wildman–Crippen LogP) is -0.271. The third-order valence-electron chi connectivity index (χ3n) is 11.2. The van der Waals surface area contributed by atoms with Gasteiger partial charge in [-0.2, -0.15) is 0 Å². The zero-order valence-corrected chi connectivity index (χ0v) is 21.2. The van der Waals surface area contributed by atoms with Crippen molar-refractivity contribution < 1.29 is 43.8 Å². The molecule has 4 aliphatic carbocycles. The van der Waals surface area contributed by atoms with E-state index in [0.717, 1.165) is 0 Å². The summed E-state index contributed by atoms with van der Waals surface area (Å²) in [6.07, 6.45) is -1.15. The summed E-state index contributed by atoms with van der Waals surface area (Å²) in [5.74, 6) is -3.63. The number of aliphatic hydroxyl groups excluding tert-OH is 1. The Labute approximate surface area is 205 Å². The van der Waals surface area contributed by atoms with E-state index in [9.17, 15) is 20.1 Å². The Bertz CT molecular complexity index is 904. The fourth-order valence-corrected chi connectivity index (χ4v) is 10.2. The van der Waals surface area contributed by atoms with E-state index >= 15 is 0 Å². The number of aliphatic hydroxyl groups is 3. The molecule has 13 atom stereocenters. The molecule has 4 saturated carbocycles. The summed E-state index contributed by atoms with van der Waals surface area (Å²) in [5.41, 5.74) is -3.75. The van der Waals surface area contributed by atoms with Crippen molar-refractivity contribution in [2.75, 3.05) is 41.6 Å². The van der Waals surface area contributed by atoms with Gasteiger partial charge < -0.3 is 43.9 Å². The summed E-state index contributed by atoms with van der Waals surface area (Å²) >= 11 is 0. The second kappa shape index (κ2) is 7.60. The largest absolute Gasteiger partial charge is 0.395 e. The maximum absolute atomic E-state index is 14.0. The van der Waals surface area contributed by atoms with Crippen LogP contribution in [0, 0.1) is 34.5 Å². The quantitative estimate of drug-likeness (QED) is 0.454. The molecule has 3 saturated heterocycles. The van der Waals surface area contributed by atoms with Gasteiger partial charge in [-0.1, -0.05) is 0 Å². The Balaban J connectivity index is 1.71. The molecule has 0 aromatic carbocycles. The first-order chi connectivity index (χ1) is 16.7. The van der Waals surface area contributed by atoms with Crippen LogP contribution in [0.15, 0.2) is 0 Å². The van der Waals surface area contributed by atoms with Crippen LogP contribution in [0.3, 0.4) is 0 Å². The molecule has 35 heavy (non-hydrogen) atoms. The van der Waals surface area contributed by atoms with E-state index in [2.05, 4.69) is 0 Å². The molecular weight excluding hydrogens is 458 g/mol. The Morgan fingerprint density at radius 1 is 1.11 bits per heavy atom. The van der Waals surface area contributed by atoms with E-state index in [-0.39, 0.29) is 49.1 Å². The number of nitrogens with zero attached hydrogens (tertiary/aromatic N) is 1. The number of ether oxygens (including phenoxy) is 5. The minimum atomic E-state index is -2.15. The SMILES string of the molecule is CCN1C(=O)[C@]2(CO)CC[C@H](OC)[C@]34C1O[C@@](O)([C@@H](OC)[C@H]23)[C@@]1(O)C[C@H](OC)[C@@H]2C[C@@H]4[C@@H]1[C@H]2OC. The molecule has 7 bridgehead atoms. The maximum Gasteiger partial charge on any atom is 0.233 e. The van der Waals surface area contributed by atoms with Crippen LogP contribution >= 0.6 is 0 Å². The van der Waals surface area contributed by atoms with Crippen LogP contribution in [-0.4, -0.2) is 110 Å². The number of hydrogen-bond acceptors (Lipinski definition) is 9. The van der Waals surface area contributed by atoms with Crippen LogP contribution in [-0.2, 0) is 28.5 Å². The van der Waals surface area contributed by atoms with Crippen LogP contribution in [0.4, 0.5) is 0 Å². The molecule has 7 aliphatic rings. The van der Waals surface area contributed by atoms with Crippen molar-refractivity contribution in [3.05, 3.63) is 0 Å².